The van der Waals surface area contributed by atoms with Crippen molar-refractivity contribution in [3.8, 4) is 0 Å². The summed E-state index contributed by atoms with van der Waals surface area (Å²) in [6.07, 6.45) is 10.1. The lowest BCUT2D eigenvalue weighted by atomic mass is 9.66. The lowest BCUT2D eigenvalue weighted by molar-refractivity contribution is 0.118. The first-order valence-corrected chi connectivity index (χ1v) is 8.01. The van der Waals surface area contributed by atoms with Crippen LogP contribution in [0.25, 0.3) is 0 Å². The summed E-state index contributed by atoms with van der Waals surface area (Å²) in [6.45, 7) is 0. The summed E-state index contributed by atoms with van der Waals surface area (Å²) in [5, 5.41) is 2.15. The van der Waals surface area contributed by atoms with Crippen molar-refractivity contribution in [1.82, 2.24) is 0 Å². The van der Waals surface area contributed by atoms with Crippen molar-refractivity contribution in [2.45, 2.75) is 51.0 Å². The van der Waals surface area contributed by atoms with Gasteiger partial charge in [-0.1, -0.05) is 31.7 Å². The minimum atomic E-state index is 0.304. The lowest BCUT2D eigenvalue weighted by Gasteiger charge is -2.41. The van der Waals surface area contributed by atoms with Crippen LogP contribution in [-0.2, 0) is 0 Å². The highest BCUT2D eigenvalue weighted by Crippen LogP contribution is 2.45. The van der Waals surface area contributed by atoms with Gasteiger partial charge in [0.05, 0.1) is 0 Å². The molecular formula is C15H23NS. The van der Waals surface area contributed by atoms with E-state index in [9.17, 15) is 0 Å². The van der Waals surface area contributed by atoms with Gasteiger partial charge in [-0.05, 0) is 48.5 Å². The molecule has 0 spiro atoms. The van der Waals surface area contributed by atoms with E-state index in [-0.39, 0.29) is 0 Å². The van der Waals surface area contributed by atoms with Crippen molar-refractivity contribution in [2.75, 3.05) is 0 Å². The Morgan fingerprint density at radius 2 is 1.94 bits per heavy atom. The van der Waals surface area contributed by atoms with Gasteiger partial charge in [-0.3, -0.25) is 0 Å². The third-order valence-corrected chi connectivity index (χ3v) is 5.93. The molecule has 0 bridgehead atoms. The van der Waals surface area contributed by atoms with Crippen LogP contribution in [-0.4, -0.2) is 0 Å². The number of rotatable bonds is 2. The van der Waals surface area contributed by atoms with Crippen LogP contribution < -0.4 is 5.73 Å². The predicted octanol–water partition coefficient (Wildman–Crippen LogP) is 4.35. The minimum Gasteiger partial charge on any atom is -0.323 e. The third-order valence-electron chi connectivity index (χ3n) is 4.96. The highest BCUT2D eigenvalue weighted by molar-refractivity contribution is 7.10. The van der Waals surface area contributed by atoms with Gasteiger partial charge in [0.1, 0.15) is 0 Å². The smallest absolute Gasteiger partial charge is 0.0418 e. The van der Waals surface area contributed by atoms with Gasteiger partial charge < -0.3 is 5.73 Å². The Kier molecular flexibility index (Phi) is 3.53. The first-order chi connectivity index (χ1) is 8.34. The largest absolute Gasteiger partial charge is 0.323 e. The van der Waals surface area contributed by atoms with Crippen LogP contribution in [0, 0.1) is 17.8 Å². The third kappa shape index (κ3) is 2.43. The van der Waals surface area contributed by atoms with Crippen molar-refractivity contribution in [3.05, 3.63) is 22.4 Å². The first kappa shape index (κ1) is 11.7. The average molecular weight is 249 g/mol. The van der Waals surface area contributed by atoms with Crippen LogP contribution >= 0.6 is 11.3 Å². The molecule has 2 aliphatic rings. The van der Waals surface area contributed by atoms with Crippen LogP contribution in [0.15, 0.2) is 17.5 Å². The summed E-state index contributed by atoms with van der Waals surface area (Å²) in [4.78, 5) is 1.39. The molecule has 1 nitrogen and oxygen atoms in total. The van der Waals surface area contributed by atoms with Crippen LogP contribution in [0.4, 0.5) is 0 Å². The lowest BCUT2D eigenvalue weighted by Crippen LogP contribution is -2.32. The van der Waals surface area contributed by atoms with E-state index in [0.717, 1.165) is 17.8 Å². The molecule has 0 aliphatic heterocycles. The normalized spacial score (nSPS) is 35.2. The van der Waals surface area contributed by atoms with Crippen molar-refractivity contribution in [2.24, 2.45) is 23.5 Å². The molecule has 2 aliphatic carbocycles. The Labute approximate surface area is 108 Å². The molecule has 3 rings (SSSR count). The number of hydrogen-bond acceptors (Lipinski definition) is 2. The van der Waals surface area contributed by atoms with Gasteiger partial charge >= 0.3 is 0 Å². The van der Waals surface area contributed by atoms with Crippen molar-refractivity contribution in [3.63, 3.8) is 0 Å². The molecule has 2 heteroatoms. The second kappa shape index (κ2) is 5.11. The molecule has 1 aromatic heterocycles. The van der Waals surface area contributed by atoms with Crippen molar-refractivity contribution < 1.29 is 0 Å². The fourth-order valence-electron chi connectivity index (χ4n) is 3.95. The number of nitrogens with two attached hydrogens (primary N) is 1. The highest BCUT2D eigenvalue weighted by Gasteiger charge is 2.34. The summed E-state index contributed by atoms with van der Waals surface area (Å²) in [7, 11) is 0. The standard InChI is InChI=1S/C15H23NS/c16-15(14-6-3-9-17-14)13-8-7-11-4-1-2-5-12(11)10-13/h3,6,9,11-13,15H,1-2,4-5,7-8,10,16H2. The Bertz CT molecular complexity index is 346. The van der Waals surface area contributed by atoms with E-state index in [2.05, 4.69) is 17.5 Å². The van der Waals surface area contributed by atoms with Crippen LogP contribution in [0.2, 0.25) is 0 Å². The molecule has 1 heterocycles. The zero-order valence-electron chi connectivity index (χ0n) is 10.5. The van der Waals surface area contributed by atoms with E-state index in [1.165, 1.54) is 49.8 Å². The molecule has 4 atom stereocenters. The second-order valence-electron chi connectivity index (χ2n) is 5.92. The minimum absolute atomic E-state index is 0.304. The van der Waals surface area contributed by atoms with Crippen molar-refractivity contribution in [1.29, 1.82) is 0 Å². The van der Waals surface area contributed by atoms with Gasteiger partial charge in [-0.2, -0.15) is 0 Å². The van der Waals surface area contributed by atoms with Crippen molar-refractivity contribution >= 4 is 11.3 Å². The van der Waals surface area contributed by atoms with Gasteiger partial charge in [0.15, 0.2) is 0 Å². The van der Waals surface area contributed by atoms with Gasteiger partial charge in [-0.25, -0.2) is 0 Å². The molecule has 17 heavy (non-hydrogen) atoms. The van der Waals surface area contributed by atoms with E-state index in [0.29, 0.717) is 6.04 Å². The van der Waals surface area contributed by atoms with Gasteiger partial charge in [0.2, 0.25) is 0 Å². The highest BCUT2D eigenvalue weighted by atomic mass is 32.1. The molecule has 2 N–H and O–H groups in total. The molecule has 94 valence electrons. The molecule has 0 aromatic carbocycles. The fraction of sp³-hybridized carbons (Fsp3) is 0.733. The average Bonchev–Trinajstić information content (AvgIpc) is 2.91. The summed E-state index contributed by atoms with van der Waals surface area (Å²) < 4.78 is 0. The zero-order valence-corrected chi connectivity index (χ0v) is 11.3. The van der Waals surface area contributed by atoms with Gasteiger partial charge in [0, 0.05) is 10.9 Å². The SMILES string of the molecule is NC(c1cccs1)C1CCC2CCCCC2C1. The van der Waals surface area contributed by atoms with Gasteiger partial charge in [-0.15, -0.1) is 11.3 Å². The number of fused-ring (bicyclic) bond motifs is 1. The van der Waals surface area contributed by atoms with Crippen LogP contribution in [0.1, 0.15) is 55.9 Å². The van der Waals surface area contributed by atoms with Gasteiger partial charge in [0.25, 0.3) is 0 Å². The van der Waals surface area contributed by atoms with E-state index in [1.807, 2.05) is 11.3 Å². The Morgan fingerprint density at radius 1 is 1.12 bits per heavy atom. The molecule has 0 radical (unpaired) electrons. The Balaban J connectivity index is 1.65. The summed E-state index contributed by atoms with van der Waals surface area (Å²) >= 11 is 1.83. The second-order valence-corrected chi connectivity index (χ2v) is 6.90. The molecule has 0 amide bonds. The maximum Gasteiger partial charge on any atom is 0.0418 e. The molecular weight excluding hydrogens is 226 g/mol. The summed E-state index contributed by atoms with van der Waals surface area (Å²) in [5.41, 5.74) is 6.45. The zero-order chi connectivity index (χ0) is 11.7. The number of hydrogen-bond donors (Lipinski definition) is 1. The molecule has 1 aromatic rings. The van der Waals surface area contributed by atoms with E-state index in [1.54, 1.807) is 0 Å². The fourth-order valence-corrected chi connectivity index (χ4v) is 4.77. The van der Waals surface area contributed by atoms with E-state index >= 15 is 0 Å². The first-order valence-electron chi connectivity index (χ1n) is 7.13. The Hall–Kier alpha value is -0.340. The molecule has 4 unspecified atom stereocenters. The predicted molar refractivity (Wildman–Crippen MR) is 74.0 cm³/mol. The van der Waals surface area contributed by atoms with E-state index < -0.39 is 0 Å². The maximum atomic E-state index is 6.45. The molecule has 2 saturated carbocycles. The summed E-state index contributed by atoms with van der Waals surface area (Å²) in [5.74, 6) is 2.78. The van der Waals surface area contributed by atoms with E-state index in [4.69, 9.17) is 5.73 Å². The molecule has 0 saturated heterocycles. The van der Waals surface area contributed by atoms with Crippen LogP contribution in [0.3, 0.4) is 0 Å². The molecule has 2 fully saturated rings. The quantitative estimate of drug-likeness (QED) is 0.828. The maximum absolute atomic E-state index is 6.45. The number of thiophene rings is 1. The van der Waals surface area contributed by atoms with Crippen LogP contribution in [0.5, 0.6) is 0 Å². The topological polar surface area (TPSA) is 26.0 Å². The Morgan fingerprint density at radius 3 is 2.71 bits per heavy atom. The summed E-state index contributed by atoms with van der Waals surface area (Å²) in [6, 6.07) is 4.65. The monoisotopic (exact) mass is 249 g/mol.